The van der Waals surface area contributed by atoms with Gasteiger partial charge >= 0.3 is 0 Å². The van der Waals surface area contributed by atoms with Crippen molar-refractivity contribution in [2.45, 2.75) is 38.4 Å². The quantitative estimate of drug-likeness (QED) is 0.558. The van der Waals surface area contributed by atoms with Crippen LogP contribution in [0.3, 0.4) is 0 Å². The van der Waals surface area contributed by atoms with Crippen LogP contribution in [0.5, 0.6) is 0 Å². The topological polar surface area (TPSA) is 79.0 Å². The van der Waals surface area contributed by atoms with E-state index >= 15 is 0 Å². The monoisotopic (exact) mass is 380 g/mol. The van der Waals surface area contributed by atoms with Gasteiger partial charge in [-0.1, -0.05) is 30.0 Å². The lowest BCUT2D eigenvalue weighted by molar-refractivity contribution is -0.116. The molecule has 4 rings (SSSR count). The summed E-state index contributed by atoms with van der Waals surface area (Å²) < 4.78 is 0. The van der Waals surface area contributed by atoms with Gasteiger partial charge in [-0.05, 0) is 50.5 Å². The molecular formula is C20H20N4O2S. The fourth-order valence-electron chi connectivity index (χ4n) is 3.68. The Morgan fingerprint density at radius 2 is 2.07 bits per heavy atom. The molecule has 1 N–H and O–H groups in total. The summed E-state index contributed by atoms with van der Waals surface area (Å²) in [7, 11) is 0. The maximum Gasteiger partial charge on any atom is 0.261 e. The molecule has 0 spiro atoms. The maximum absolute atomic E-state index is 12.8. The minimum absolute atomic E-state index is 0.00794. The van der Waals surface area contributed by atoms with Crippen molar-refractivity contribution in [1.29, 1.82) is 0 Å². The van der Waals surface area contributed by atoms with Crippen LogP contribution in [-0.2, 0) is 11.2 Å². The normalized spacial score (nSPS) is 16.0. The van der Waals surface area contributed by atoms with E-state index in [0.717, 1.165) is 23.4 Å². The molecule has 3 heterocycles. The number of benzene rings is 1. The predicted octanol–water partition coefficient (Wildman–Crippen LogP) is 3.00. The zero-order valence-corrected chi connectivity index (χ0v) is 16.3. The molecule has 138 valence electrons. The molecule has 1 aliphatic rings. The van der Waals surface area contributed by atoms with Crippen molar-refractivity contribution in [1.82, 2.24) is 15.0 Å². The van der Waals surface area contributed by atoms with Gasteiger partial charge in [0.25, 0.3) is 5.56 Å². The molecule has 1 aromatic carbocycles. The smallest absolute Gasteiger partial charge is 0.261 e. The fraction of sp³-hybridized carbons (Fsp3) is 0.300. The SMILES string of the molecule is Cc1cc(C)c2c(=O)[nH]c(SCC(=O)N3c4ccccc4C[C@@H]3C)nc2n1. The lowest BCUT2D eigenvalue weighted by Gasteiger charge is -2.22. The van der Waals surface area contributed by atoms with E-state index in [1.165, 1.54) is 17.3 Å². The lowest BCUT2D eigenvalue weighted by atomic mass is 10.1. The van der Waals surface area contributed by atoms with Gasteiger partial charge in [0.2, 0.25) is 5.91 Å². The number of aromatic nitrogens is 3. The predicted molar refractivity (Wildman–Crippen MR) is 107 cm³/mol. The van der Waals surface area contributed by atoms with Gasteiger partial charge in [-0.15, -0.1) is 0 Å². The number of H-pyrrole nitrogens is 1. The van der Waals surface area contributed by atoms with Gasteiger partial charge in [0, 0.05) is 17.4 Å². The minimum Gasteiger partial charge on any atom is -0.308 e. The van der Waals surface area contributed by atoms with Crippen molar-refractivity contribution in [3.8, 4) is 0 Å². The van der Waals surface area contributed by atoms with Crippen molar-refractivity contribution in [2.75, 3.05) is 10.7 Å². The zero-order chi connectivity index (χ0) is 19.1. The first-order valence-electron chi connectivity index (χ1n) is 8.85. The Morgan fingerprint density at radius 3 is 2.89 bits per heavy atom. The summed E-state index contributed by atoms with van der Waals surface area (Å²) in [5.74, 6) is 0.214. The molecule has 0 aliphatic carbocycles. The van der Waals surface area contributed by atoms with E-state index in [2.05, 4.69) is 21.0 Å². The van der Waals surface area contributed by atoms with Gasteiger partial charge in [-0.3, -0.25) is 9.59 Å². The van der Waals surface area contributed by atoms with Gasteiger partial charge in [0.15, 0.2) is 10.8 Å². The minimum atomic E-state index is -0.222. The first-order valence-corrected chi connectivity index (χ1v) is 9.83. The molecule has 0 unspecified atom stereocenters. The van der Waals surface area contributed by atoms with E-state index in [-0.39, 0.29) is 23.3 Å². The first-order chi connectivity index (χ1) is 12.9. The molecule has 0 fully saturated rings. The van der Waals surface area contributed by atoms with Gasteiger partial charge < -0.3 is 9.88 Å². The number of nitrogens with one attached hydrogen (secondary N) is 1. The molecule has 0 saturated carbocycles. The summed E-state index contributed by atoms with van der Waals surface area (Å²) >= 11 is 1.23. The summed E-state index contributed by atoms with van der Waals surface area (Å²) in [6, 6.07) is 9.98. The highest BCUT2D eigenvalue weighted by atomic mass is 32.2. The van der Waals surface area contributed by atoms with Crippen molar-refractivity contribution in [2.24, 2.45) is 0 Å². The molecule has 7 heteroatoms. The van der Waals surface area contributed by atoms with E-state index < -0.39 is 0 Å². The Labute approximate surface area is 161 Å². The van der Waals surface area contributed by atoms with Crippen LogP contribution >= 0.6 is 11.8 Å². The molecule has 27 heavy (non-hydrogen) atoms. The number of nitrogens with zero attached hydrogens (tertiary/aromatic N) is 3. The van der Waals surface area contributed by atoms with Crippen LogP contribution in [-0.4, -0.2) is 32.7 Å². The Bertz CT molecular complexity index is 1110. The summed E-state index contributed by atoms with van der Waals surface area (Å²) in [4.78, 5) is 38.6. The van der Waals surface area contributed by atoms with Gasteiger partial charge in [0.05, 0.1) is 11.1 Å². The highest BCUT2D eigenvalue weighted by Crippen LogP contribution is 2.32. The Hall–Kier alpha value is -2.67. The second kappa shape index (κ2) is 6.81. The van der Waals surface area contributed by atoms with E-state index in [0.29, 0.717) is 16.2 Å². The molecule has 2 aromatic heterocycles. The van der Waals surface area contributed by atoms with Crippen LogP contribution < -0.4 is 10.5 Å². The number of thioether (sulfide) groups is 1. The zero-order valence-electron chi connectivity index (χ0n) is 15.4. The molecule has 0 bridgehead atoms. The second-order valence-corrected chi connectivity index (χ2v) is 7.85. The van der Waals surface area contributed by atoms with Gasteiger partial charge in [-0.25, -0.2) is 9.97 Å². The molecule has 6 nitrogen and oxygen atoms in total. The number of rotatable bonds is 3. The average molecular weight is 380 g/mol. The molecule has 1 amide bonds. The van der Waals surface area contributed by atoms with E-state index in [4.69, 9.17) is 0 Å². The molecule has 3 aromatic rings. The third-order valence-corrected chi connectivity index (χ3v) is 5.65. The number of pyridine rings is 1. The average Bonchev–Trinajstić information content (AvgIpc) is 2.94. The molecular weight excluding hydrogens is 360 g/mol. The lowest BCUT2D eigenvalue weighted by Crippen LogP contribution is -2.37. The molecule has 1 aliphatic heterocycles. The number of aryl methyl sites for hydroxylation is 2. The van der Waals surface area contributed by atoms with E-state index in [9.17, 15) is 9.59 Å². The van der Waals surface area contributed by atoms with Crippen molar-refractivity contribution < 1.29 is 4.79 Å². The second-order valence-electron chi connectivity index (χ2n) is 6.88. The molecule has 0 radical (unpaired) electrons. The third-order valence-electron chi connectivity index (χ3n) is 4.79. The van der Waals surface area contributed by atoms with Crippen molar-refractivity contribution in [3.05, 3.63) is 57.5 Å². The number of para-hydroxylation sites is 1. The Balaban J connectivity index is 1.57. The molecule has 1 atom stereocenters. The summed E-state index contributed by atoms with van der Waals surface area (Å²) in [6.07, 6.45) is 0.861. The number of hydrogen-bond acceptors (Lipinski definition) is 5. The number of anilines is 1. The number of hydrogen-bond donors (Lipinski definition) is 1. The van der Waals surface area contributed by atoms with Crippen molar-refractivity contribution >= 4 is 34.4 Å². The number of carbonyl (C=O) groups is 1. The Morgan fingerprint density at radius 1 is 1.30 bits per heavy atom. The number of carbonyl (C=O) groups excluding carboxylic acids is 1. The van der Waals surface area contributed by atoms with Crippen LogP contribution in [0.4, 0.5) is 5.69 Å². The molecule has 0 saturated heterocycles. The summed E-state index contributed by atoms with van der Waals surface area (Å²) in [5.41, 5.74) is 4.03. The van der Waals surface area contributed by atoms with E-state index in [1.807, 2.05) is 49.9 Å². The van der Waals surface area contributed by atoms with Crippen LogP contribution in [0, 0.1) is 13.8 Å². The fourth-order valence-corrected chi connectivity index (χ4v) is 4.39. The van der Waals surface area contributed by atoms with E-state index in [1.54, 1.807) is 0 Å². The largest absolute Gasteiger partial charge is 0.308 e. The third kappa shape index (κ3) is 3.23. The number of aromatic amines is 1. The van der Waals surface area contributed by atoms with Gasteiger partial charge in [-0.2, -0.15) is 0 Å². The van der Waals surface area contributed by atoms with Crippen molar-refractivity contribution in [3.63, 3.8) is 0 Å². The van der Waals surface area contributed by atoms with Gasteiger partial charge in [0.1, 0.15) is 0 Å². The standard InChI is InChI=1S/C20H20N4O2S/c1-11-8-12(2)21-18-17(11)19(26)23-20(22-18)27-10-16(25)24-13(3)9-14-6-4-5-7-15(14)24/h4-8,13H,9-10H2,1-3H3,(H,21,22,23,26)/t13-/m0/s1. The summed E-state index contributed by atoms with van der Waals surface area (Å²) in [5, 5.41) is 0.914. The number of fused-ring (bicyclic) bond motifs is 2. The number of amides is 1. The highest BCUT2D eigenvalue weighted by Gasteiger charge is 2.30. The first kappa shape index (κ1) is 17.7. The van der Waals surface area contributed by atoms with Crippen LogP contribution in [0.25, 0.3) is 11.0 Å². The Kier molecular flexibility index (Phi) is 4.47. The highest BCUT2D eigenvalue weighted by molar-refractivity contribution is 7.99. The summed E-state index contributed by atoms with van der Waals surface area (Å²) in [6.45, 7) is 5.79. The van der Waals surface area contributed by atoms with Crippen LogP contribution in [0.15, 0.2) is 40.3 Å². The maximum atomic E-state index is 12.8. The van der Waals surface area contributed by atoms with Crippen LogP contribution in [0.2, 0.25) is 0 Å². The van der Waals surface area contributed by atoms with Crippen LogP contribution in [0.1, 0.15) is 23.7 Å².